The third-order valence-corrected chi connectivity index (χ3v) is 5.84. The van der Waals surface area contributed by atoms with Gasteiger partial charge in [-0.3, -0.25) is 4.79 Å². The van der Waals surface area contributed by atoms with Crippen LogP contribution < -0.4 is 0 Å². The third kappa shape index (κ3) is 13.5. The maximum absolute atomic E-state index is 11.0. The molecule has 0 bridgehead atoms. The molecule has 0 radical (unpaired) electrons. The van der Waals surface area contributed by atoms with E-state index < -0.39 is 30.2 Å². The smallest absolute Gasteiger partial charge is 0.306 e. The van der Waals surface area contributed by atoms with Crippen molar-refractivity contribution in [2.24, 2.45) is 5.92 Å². The minimum Gasteiger partial charge on any atom is -0.481 e. The molecule has 168 valence electrons. The molecule has 0 aliphatic rings. The molecule has 4 N–H and O–H groups in total. The molecule has 0 aromatic carbocycles. The van der Waals surface area contributed by atoms with Crippen molar-refractivity contribution < 1.29 is 25.2 Å². The second kappa shape index (κ2) is 17.2. The highest BCUT2D eigenvalue weighted by Crippen LogP contribution is 2.28. The van der Waals surface area contributed by atoms with Gasteiger partial charge in [0.25, 0.3) is 0 Å². The van der Waals surface area contributed by atoms with Crippen molar-refractivity contribution in [2.45, 2.75) is 128 Å². The fourth-order valence-corrected chi connectivity index (χ4v) is 3.82. The molecule has 0 aromatic heterocycles. The van der Waals surface area contributed by atoms with Crippen molar-refractivity contribution in [1.29, 1.82) is 0 Å². The van der Waals surface area contributed by atoms with E-state index in [0.717, 1.165) is 19.3 Å². The average Bonchev–Trinajstić information content (AvgIpc) is 2.67. The fourth-order valence-electron chi connectivity index (χ4n) is 3.82. The molecule has 5 heteroatoms. The molecule has 28 heavy (non-hydrogen) atoms. The van der Waals surface area contributed by atoms with Crippen LogP contribution >= 0.6 is 0 Å². The van der Waals surface area contributed by atoms with Gasteiger partial charge < -0.3 is 20.4 Å². The molecule has 3 atom stereocenters. The monoisotopic (exact) mass is 402 g/mol. The summed E-state index contributed by atoms with van der Waals surface area (Å²) in [5.74, 6) is -1.75. The van der Waals surface area contributed by atoms with Crippen LogP contribution in [0.1, 0.15) is 117 Å². The number of unbranched alkanes of at least 4 members (excludes halogenated alkanes) is 13. The highest BCUT2D eigenvalue weighted by molar-refractivity contribution is 5.69. The van der Waals surface area contributed by atoms with E-state index in [9.17, 15) is 20.1 Å². The molecule has 5 nitrogen and oxygen atoms in total. The number of hydrogen-bond acceptors (Lipinski definition) is 4. The van der Waals surface area contributed by atoms with Gasteiger partial charge in [0, 0.05) is 0 Å². The van der Waals surface area contributed by atoms with Crippen LogP contribution in [0.2, 0.25) is 0 Å². The Kier molecular flexibility index (Phi) is 16.8. The van der Waals surface area contributed by atoms with Crippen LogP contribution in [0.3, 0.4) is 0 Å². The maximum Gasteiger partial charge on any atom is 0.306 e. The maximum atomic E-state index is 11.0. The molecule has 0 spiro atoms. The van der Waals surface area contributed by atoms with Crippen LogP contribution in [0.25, 0.3) is 0 Å². The van der Waals surface area contributed by atoms with Crippen molar-refractivity contribution in [3.63, 3.8) is 0 Å². The minimum atomic E-state index is -1.52. The first kappa shape index (κ1) is 27.4. The molecule has 0 heterocycles. The standard InChI is InChI=1S/C23H46O5/c1-3-4-5-6-7-8-9-10-11-12-13-14-15-16-17-23(28,21(25)19-24)18-20(2)22(26)27/h20-21,24-25,28H,3-19H2,1-2H3,(H,26,27). The molecule has 0 rings (SSSR count). The topological polar surface area (TPSA) is 98.0 Å². The fraction of sp³-hybridized carbons (Fsp3) is 0.957. The first-order valence-corrected chi connectivity index (χ1v) is 11.6. The Labute approximate surface area is 172 Å². The van der Waals surface area contributed by atoms with Crippen LogP contribution in [-0.2, 0) is 4.79 Å². The van der Waals surface area contributed by atoms with Gasteiger partial charge in [-0.05, 0) is 12.8 Å². The molecule has 0 aromatic rings. The summed E-state index contributed by atoms with van der Waals surface area (Å²) < 4.78 is 0. The second-order valence-electron chi connectivity index (χ2n) is 8.59. The van der Waals surface area contributed by atoms with E-state index in [0.29, 0.717) is 6.42 Å². The van der Waals surface area contributed by atoms with Gasteiger partial charge in [-0.15, -0.1) is 0 Å². The Balaban J connectivity index is 3.73. The highest BCUT2D eigenvalue weighted by atomic mass is 16.4. The number of carboxylic acids is 1. The van der Waals surface area contributed by atoms with E-state index >= 15 is 0 Å². The summed E-state index contributed by atoms with van der Waals surface area (Å²) >= 11 is 0. The van der Waals surface area contributed by atoms with Crippen LogP contribution in [-0.4, -0.2) is 44.7 Å². The largest absolute Gasteiger partial charge is 0.481 e. The summed E-state index contributed by atoms with van der Waals surface area (Å²) in [7, 11) is 0. The summed E-state index contributed by atoms with van der Waals surface area (Å²) in [6, 6.07) is 0. The summed E-state index contributed by atoms with van der Waals surface area (Å²) in [6.07, 6.45) is 16.4. The molecule has 0 amide bonds. The molecule has 0 fully saturated rings. The predicted octanol–water partition coefficient (Wildman–Crippen LogP) is 5.05. The zero-order valence-corrected chi connectivity index (χ0v) is 18.4. The van der Waals surface area contributed by atoms with E-state index in [2.05, 4.69) is 6.92 Å². The molecular formula is C23H46O5. The predicted molar refractivity (Wildman–Crippen MR) is 114 cm³/mol. The Hall–Kier alpha value is -0.650. The lowest BCUT2D eigenvalue weighted by Crippen LogP contribution is -2.46. The van der Waals surface area contributed by atoms with E-state index in [-0.39, 0.29) is 6.42 Å². The lowest BCUT2D eigenvalue weighted by Gasteiger charge is -2.33. The van der Waals surface area contributed by atoms with Crippen molar-refractivity contribution in [3.05, 3.63) is 0 Å². The van der Waals surface area contributed by atoms with Gasteiger partial charge in [0.05, 0.1) is 18.1 Å². The van der Waals surface area contributed by atoms with Crippen LogP contribution in [0, 0.1) is 5.92 Å². The number of carbonyl (C=O) groups is 1. The summed E-state index contributed by atoms with van der Waals surface area (Å²) in [5.41, 5.74) is -1.52. The number of aliphatic hydroxyl groups excluding tert-OH is 2. The van der Waals surface area contributed by atoms with E-state index in [1.807, 2.05) is 0 Å². The summed E-state index contributed by atoms with van der Waals surface area (Å²) in [6.45, 7) is 3.21. The van der Waals surface area contributed by atoms with Gasteiger partial charge in [0.15, 0.2) is 0 Å². The highest BCUT2D eigenvalue weighted by Gasteiger charge is 2.37. The minimum absolute atomic E-state index is 0.0392. The van der Waals surface area contributed by atoms with Gasteiger partial charge in [-0.1, -0.05) is 104 Å². The second-order valence-corrected chi connectivity index (χ2v) is 8.59. The first-order chi connectivity index (χ1) is 13.4. The van der Waals surface area contributed by atoms with Crippen molar-refractivity contribution in [1.82, 2.24) is 0 Å². The number of aliphatic carboxylic acids is 1. The van der Waals surface area contributed by atoms with Gasteiger partial charge in [-0.25, -0.2) is 0 Å². The Bertz CT molecular complexity index is 374. The van der Waals surface area contributed by atoms with Crippen molar-refractivity contribution in [3.8, 4) is 0 Å². The lowest BCUT2D eigenvalue weighted by molar-refractivity contribution is -0.149. The Morgan fingerprint density at radius 1 is 0.821 bits per heavy atom. The van der Waals surface area contributed by atoms with Crippen molar-refractivity contribution in [2.75, 3.05) is 6.61 Å². The molecule has 0 aliphatic carbocycles. The van der Waals surface area contributed by atoms with Gasteiger partial charge in [0.2, 0.25) is 0 Å². The average molecular weight is 403 g/mol. The Morgan fingerprint density at radius 2 is 1.21 bits per heavy atom. The summed E-state index contributed by atoms with van der Waals surface area (Å²) in [4.78, 5) is 11.0. The van der Waals surface area contributed by atoms with Crippen molar-refractivity contribution >= 4 is 5.97 Å². The van der Waals surface area contributed by atoms with E-state index in [1.54, 1.807) is 0 Å². The number of rotatable bonds is 20. The number of carboxylic acid groups (broad SMARTS) is 1. The molecule has 0 saturated heterocycles. The van der Waals surface area contributed by atoms with Gasteiger partial charge in [-0.2, -0.15) is 0 Å². The van der Waals surface area contributed by atoms with Crippen LogP contribution in [0.4, 0.5) is 0 Å². The van der Waals surface area contributed by atoms with Gasteiger partial charge in [0.1, 0.15) is 6.10 Å². The van der Waals surface area contributed by atoms with Gasteiger partial charge >= 0.3 is 5.97 Å². The van der Waals surface area contributed by atoms with Crippen LogP contribution in [0.5, 0.6) is 0 Å². The zero-order valence-electron chi connectivity index (χ0n) is 18.4. The quantitative estimate of drug-likeness (QED) is 0.214. The van der Waals surface area contributed by atoms with E-state index in [4.69, 9.17) is 5.11 Å². The van der Waals surface area contributed by atoms with Crippen LogP contribution in [0.15, 0.2) is 0 Å². The number of hydrogen-bond donors (Lipinski definition) is 4. The number of aliphatic hydroxyl groups is 3. The SMILES string of the molecule is CCCCCCCCCCCCCCCCC(O)(CC(C)C(=O)O)C(O)CO. The van der Waals surface area contributed by atoms with E-state index in [1.165, 1.54) is 77.6 Å². The molecule has 3 unspecified atom stereocenters. The first-order valence-electron chi connectivity index (χ1n) is 11.6. The normalized spacial score (nSPS) is 15.9. The third-order valence-electron chi connectivity index (χ3n) is 5.84. The zero-order chi connectivity index (χ0) is 21.3. The molecular weight excluding hydrogens is 356 g/mol. The Morgan fingerprint density at radius 3 is 1.57 bits per heavy atom. The summed E-state index contributed by atoms with van der Waals surface area (Å²) in [5, 5.41) is 38.8. The molecule has 0 saturated carbocycles. The molecule has 0 aliphatic heterocycles. The lowest BCUT2D eigenvalue weighted by atomic mass is 9.82.